The summed E-state index contributed by atoms with van der Waals surface area (Å²) < 4.78 is 5.20. The van der Waals surface area contributed by atoms with E-state index in [4.69, 9.17) is 4.74 Å². The molecule has 0 N–H and O–H groups in total. The van der Waals surface area contributed by atoms with Crippen molar-refractivity contribution in [3.05, 3.63) is 12.2 Å². The fraction of sp³-hybridized carbons (Fsp3) is 0.700. The fourth-order valence-electron chi connectivity index (χ4n) is 2.28. The summed E-state index contributed by atoms with van der Waals surface area (Å²) in [6.07, 6.45) is 8.05. The van der Waals surface area contributed by atoms with Gasteiger partial charge in [-0.3, -0.25) is 4.79 Å². The zero-order valence-electron chi connectivity index (χ0n) is 7.32. The smallest absolute Gasteiger partial charge is 0.303 e. The number of carbonyl (C=O) groups is 1. The summed E-state index contributed by atoms with van der Waals surface area (Å²) in [7, 11) is 0. The SMILES string of the molecule is CC(=O)O[C@H]1C=C[C@H]2CC[C@H]1C2. The van der Waals surface area contributed by atoms with E-state index in [1.54, 1.807) is 0 Å². The van der Waals surface area contributed by atoms with Crippen LogP contribution in [0.2, 0.25) is 0 Å². The van der Waals surface area contributed by atoms with Crippen molar-refractivity contribution >= 4 is 5.97 Å². The second kappa shape index (κ2) is 2.92. The molecule has 3 atom stereocenters. The van der Waals surface area contributed by atoms with Gasteiger partial charge in [0.15, 0.2) is 0 Å². The highest BCUT2D eigenvalue weighted by molar-refractivity contribution is 5.66. The Morgan fingerprint density at radius 2 is 2.25 bits per heavy atom. The molecule has 2 bridgehead atoms. The van der Waals surface area contributed by atoms with Gasteiger partial charge in [0.05, 0.1) is 0 Å². The topological polar surface area (TPSA) is 26.3 Å². The van der Waals surface area contributed by atoms with Crippen LogP contribution in [0.4, 0.5) is 0 Å². The summed E-state index contributed by atoms with van der Waals surface area (Å²) >= 11 is 0. The zero-order valence-corrected chi connectivity index (χ0v) is 7.32. The summed E-state index contributed by atoms with van der Waals surface area (Å²) in [4.78, 5) is 10.7. The molecule has 2 heteroatoms. The Hall–Kier alpha value is -0.790. The highest BCUT2D eigenvalue weighted by Gasteiger charge is 2.33. The average molecular weight is 166 g/mol. The normalized spacial score (nSPS) is 38.2. The first-order chi connectivity index (χ1) is 5.75. The van der Waals surface area contributed by atoms with Gasteiger partial charge in [-0.05, 0) is 31.3 Å². The van der Waals surface area contributed by atoms with Crippen molar-refractivity contribution in [2.45, 2.75) is 32.3 Å². The molecule has 0 spiro atoms. The van der Waals surface area contributed by atoms with Crippen LogP contribution in [0.25, 0.3) is 0 Å². The number of allylic oxidation sites excluding steroid dienone is 1. The van der Waals surface area contributed by atoms with E-state index in [1.807, 2.05) is 0 Å². The van der Waals surface area contributed by atoms with E-state index >= 15 is 0 Å². The lowest BCUT2D eigenvalue weighted by molar-refractivity contribution is -0.146. The minimum atomic E-state index is -0.157. The molecule has 2 aliphatic rings. The third-order valence-electron chi connectivity index (χ3n) is 2.85. The van der Waals surface area contributed by atoms with Crippen LogP contribution in [0.3, 0.4) is 0 Å². The Kier molecular flexibility index (Phi) is 1.91. The molecule has 12 heavy (non-hydrogen) atoms. The Morgan fingerprint density at radius 3 is 3.00 bits per heavy atom. The van der Waals surface area contributed by atoms with Crippen molar-refractivity contribution in [2.24, 2.45) is 11.8 Å². The predicted octanol–water partition coefficient (Wildman–Crippen LogP) is 1.90. The number of ether oxygens (including phenoxy) is 1. The Morgan fingerprint density at radius 1 is 1.42 bits per heavy atom. The molecule has 0 amide bonds. The van der Waals surface area contributed by atoms with Crippen LogP contribution in [0.5, 0.6) is 0 Å². The van der Waals surface area contributed by atoms with Crippen LogP contribution in [0, 0.1) is 11.8 Å². The molecule has 66 valence electrons. The van der Waals surface area contributed by atoms with Gasteiger partial charge in [0.2, 0.25) is 0 Å². The summed E-state index contributed by atoms with van der Waals surface area (Å²) in [6.45, 7) is 1.48. The molecule has 1 saturated carbocycles. The van der Waals surface area contributed by atoms with E-state index in [0.717, 1.165) is 5.92 Å². The van der Waals surface area contributed by atoms with Gasteiger partial charge in [-0.25, -0.2) is 0 Å². The van der Waals surface area contributed by atoms with Gasteiger partial charge < -0.3 is 4.74 Å². The van der Waals surface area contributed by atoms with Gasteiger partial charge in [-0.15, -0.1) is 0 Å². The molecule has 0 saturated heterocycles. The van der Waals surface area contributed by atoms with Crippen molar-refractivity contribution in [3.63, 3.8) is 0 Å². The predicted molar refractivity (Wildman–Crippen MR) is 45.5 cm³/mol. The van der Waals surface area contributed by atoms with Gasteiger partial charge in [0, 0.05) is 12.8 Å². The first-order valence-corrected chi connectivity index (χ1v) is 4.61. The maximum atomic E-state index is 10.7. The minimum absolute atomic E-state index is 0.0706. The van der Waals surface area contributed by atoms with Crippen LogP contribution >= 0.6 is 0 Å². The zero-order chi connectivity index (χ0) is 8.55. The largest absolute Gasteiger partial charge is 0.458 e. The van der Waals surface area contributed by atoms with Gasteiger partial charge in [-0.2, -0.15) is 0 Å². The van der Waals surface area contributed by atoms with Crippen LogP contribution < -0.4 is 0 Å². The van der Waals surface area contributed by atoms with E-state index in [2.05, 4.69) is 12.2 Å². The molecule has 0 aromatic rings. The van der Waals surface area contributed by atoms with Crippen LogP contribution in [-0.2, 0) is 9.53 Å². The molecular formula is C10H14O2. The molecular weight excluding hydrogens is 152 g/mol. The number of hydrogen-bond donors (Lipinski definition) is 0. The number of rotatable bonds is 1. The Labute approximate surface area is 72.6 Å². The van der Waals surface area contributed by atoms with E-state index < -0.39 is 0 Å². The molecule has 0 radical (unpaired) electrons. The molecule has 0 aromatic carbocycles. The van der Waals surface area contributed by atoms with Crippen molar-refractivity contribution in [2.75, 3.05) is 0 Å². The quantitative estimate of drug-likeness (QED) is 0.439. The third kappa shape index (κ3) is 1.38. The van der Waals surface area contributed by atoms with Gasteiger partial charge in [0.1, 0.15) is 6.10 Å². The van der Waals surface area contributed by atoms with Gasteiger partial charge >= 0.3 is 5.97 Å². The lowest BCUT2D eigenvalue weighted by Crippen LogP contribution is -2.24. The molecule has 0 unspecified atom stereocenters. The summed E-state index contributed by atoms with van der Waals surface area (Å²) in [6, 6.07) is 0. The lowest BCUT2D eigenvalue weighted by Gasteiger charge is -2.23. The standard InChI is InChI=1S/C10H14O2/c1-7(11)12-10-5-3-8-2-4-9(10)6-8/h3,5,8-10H,2,4,6H2,1H3/t8-,9+,10+/m1/s1. The first kappa shape index (κ1) is 7.84. The molecule has 1 fully saturated rings. The van der Waals surface area contributed by atoms with Crippen LogP contribution in [0.1, 0.15) is 26.2 Å². The van der Waals surface area contributed by atoms with E-state index in [0.29, 0.717) is 5.92 Å². The van der Waals surface area contributed by atoms with Gasteiger partial charge in [0.25, 0.3) is 0 Å². The Balaban J connectivity index is 2.02. The first-order valence-electron chi connectivity index (χ1n) is 4.61. The second-order valence-electron chi connectivity index (χ2n) is 3.79. The fourth-order valence-corrected chi connectivity index (χ4v) is 2.28. The monoisotopic (exact) mass is 166 g/mol. The van der Waals surface area contributed by atoms with Crippen molar-refractivity contribution in [3.8, 4) is 0 Å². The molecule has 2 aliphatic carbocycles. The summed E-state index contributed by atoms with van der Waals surface area (Å²) in [5, 5.41) is 0. The maximum absolute atomic E-state index is 10.7. The molecule has 2 rings (SSSR count). The number of esters is 1. The van der Waals surface area contributed by atoms with Crippen LogP contribution in [-0.4, -0.2) is 12.1 Å². The molecule has 2 nitrogen and oxygen atoms in total. The number of hydrogen-bond acceptors (Lipinski definition) is 2. The summed E-state index contributed by atoms with van der Waals surface area (Å²) in [5.74, 6) is 1.21. The summed E-state index contributed by atoms with van der Waals surface area (Å²) in [5.41, 5.74) is 0. The maximum Gasteiger partial charge on any atom is 0.303 e. The van der Waals surface area contributed by atoms with E-state index in [9.17, 15) is 4.79 Å². The highest BCUT2D eigenvalue weighted by Crippen LogP contribution is 2.39. The Bertz CT molecular complexity index is 220. The molecule has 0 aliphatic heterocycles. The number of fused-ring (bicyclic) bond motifs is 2. The van der Waals surface area contributed by atoms with E-state index in [1.165, 1.54) is 26.2 Å². The minimum Gasteiger partial charge on any atom is -0.458 e. The third-order valence-corrected chi connectivity index (χ3v) is 2.85. The van der Waals surface area contributed by atoms with Crippen molar-refractivity contribution in [1.82, 2.24) is 0 Å². The van der Waals surface area contributed by atoms with Crippen molar-refractivity contribution in [1.29, 1.82) is 0 Å². The molecule has 0 heterocycles. The van der Waals surface area contributed by atoms with Crippen molar-refractivity contribution < 1.29 is 9.53 Å². The van der Waals surface area contributed by atoms with Gasteiger partial charge in [-0.1, -0.05) is 6.08 Å². The van der Waals surface area contributed by atoms with Crippen LogP contribution in [0.15, 0.2) is 12.2 Å². The lowest BCUT2D eigenvalue weighted by atomic mass is 9.93. The van der Waals surface area contributed by atoms with E-state index in [-0.39, 0.29) is 12.1 Å². The average Bonchev–Trinajstić information content (AvgIpc) is 2.39. The molecule has 0 aromatic heterocycles. The number of carbonyl (C=O) groups excluding carboxylic acids is 1. The second-order valence-corrected chi connectivity index (χ2v) is 3.79. The highest BCUT2D eigenvalue weighted by atomic mass is 16.5.